The second-order valence-corrected chi connectivity index (χ2v) is 6.06. The summed E-state index contributed by atoms with van der Waals surface area (Å²) in [5.41, 5.74) is 0.534. The van der Waals surface area contributed by atoms with E-state index >= 15 is 0 Å². The summed E-state index contributed by atoms with van der Waals surface area (Å²) in [5, 5.41) is 18.2. The number of methoxy groups -OCH3 is 2. The molecule has 9 nitrogen and oxygen atoms in total. The smallest absolute Gasteiger partial charge is 0.284 e. The lowest BCUT2D eigenvalue weighted by molar-refractivity contribution is -0.384. The van der Waals surface area contributed by atoms with E-state index in [0.29, 0.717) is 28.8 Å². The Morgan fingerprint density at radius 2 is 1.96 bits per heavy atom. The number of hydrogen-bond acceptors (Lipinski definition) is 9. The molecule has 0 aliphatic heterocycles. The van der Waals surface area contributed by atoms with Crippen molar-refractivity contribution in [3.63, 3.8) is 0 Å². The number of thioether (sulfide) groups is 1. The molecule has 0 saturated heterocycles. The van der Waals surface area contributed by atoms with E-state index < -0.39 is 10.0 Å². The number of carbonyl (C=O) groups excluding carboxylic acids is 1. The van der Waals surface area contributed by atoms with Crippen LogP contribution in [-0.2, 0) is 0 Å². The van der Waals surface area contributed by atoms with E-state index in [4.69, 9.17) is 13.9 Å². The number of ether oxygens (including phenoxy) is 2. The van der Waals surface area contributed by atoms with Crippen LogP contribution >= 0.6 is 11.8 Å². The van der Waals surface area contributed by atoms with Gasteiger partial charge in [0.05, 0.1) is 24.7 Å². The summed E-state index contributed by atoms with van der Waals surface area (Å²) in [4.78, 5) is 22.6. The molecule has 0 aliphatic carbocycles. The minimum Gasteiger partial charge on any atom is -0.497 e. The molecule has 1 aromatic heterocycles. The fourth-order valence-electron chi connectivity index (χ4n) is 2.22. The Balaban J connectivity index is 1.81. The zero-order chi connectivity index (χ0) is 19.4. The molecule has 1 heterocycles. The lowest BCUT2D eigenvalue weighted by Crippen LogP contribution is -1.95. The highest BCUT2D eigenvalue weighted by Gasteiger charge is 2.19. The highest BCUT2D eigenvalue weighted by molar-refractivity contribution is 8.14. The van der Waals surface area contributed by atoms with Crippen LogP contribution in [0.2, 0.25) is 0 Å². The maximum absolute atomic E-state index is 12.3. The summed E-state index contributed by atoms with van der Waals surface area (Å²) in [6, 6.07) is 10.5. The summed E-state index contributed by atoms with van der Waals surface area (Å²) < 4.78 is 16.0. The van der Waals surface area contributed by atoms with Gasteiger partial charge in [-0.15, -0.1) is 10.2 Å². The Kier molecular flexibility index (Phi) is 5.36. The van der Waals surface area contributed by atoms with Gasteiger partial charge in [-0.3, -0.25) is 14.9 Å². The maximum atomic E-state index is 12.3. The molecule has 0 saturated carbocycles. The maximum Gasteiger partial charge on any atom is 0.284 e. The topological polar surface area (TPSA) is 118 Å². The average Bonchev–Trinajstić information content (AvgIpc) is 3.15. The molecule has 0 unspecified atom stereocenters. The van der Waals surface area contributed by atoms with Gasteiger partial charge < -0.3 is 13.9 Å². The fourth-order valence-corrected chi connectivity index (χ4v) is 2.83. The monoisotopic (exact) mass is 387 g/mol. The minimum absolute atomic E-state index is 0.0133. The van der Waals surface area contributed by atoms with E-state index in [-0.39, 0.29) is 22.4 Å². The van der Waals surface area contributed by atoms with Gasteiger partial charge in [-0.25, -0.2) is 0 Å². The first-order valence-electron chi connectivity index (χ1n) is 7.54. The Hall–Kier alpha value is -3.40. The predicted octanol–water partition coefficient (Wildman–Crippen LogP) is 3.59. The number of benzene rings is 2. The van der Waals surface area contributed by atoms with Gasteiger partial charge in [0.15, 0.2) is 0 Å². The molecular weight excluding hydrogens is 374 g/mol. The van der Waals surface area contributed by atoms with Crippen LogP contribution in [0.5, 0.6) is 11.5 Å². The summed E-state index contributed by atoms with van der Waals surface area (Å²) >= 11 is 0.686. The fraction of sp³-hybridized carbons (Fsp3) is 0.118. The molecule has 2 aromatic carbocycles. The molecule has 0 fully saturated rings. The summed E-state index contributed by atoms with van der Waals surface area (Å²) in [7, 11) is 3.03. The van der Waals surface area contributed by atoms with E-state index in [1.165, 1.54) is 38.5 Å². The van der Waals surface area contributed by atoms with Crippen LogP contribution in [0.3, 0.4) is 0 Å². The quantitative estimate of drug-likeness (QED) is 0.355. The van der Waals surface area contributed by atoms with E-state index in [2.05, 4.69) is 10.2 Å². The van der Waals surface area contributed by atoms with Crippen molar-refractivity contribution in [2.45, 2.75) is 5.22 Å². The van der Waals surface area contributed by atoms with E-state index in [0.717, 1.165) is 0 Å². The molecule has 10 heteroatoms. The second-order valence-electron chi connectivity index (χ2n) is 5.14. The summed E-state index contributed by atoms with van der Waals surface area (Å²) in [5.74, 6) is 1.24. The van der Waals surface area contributed by atoms with Gasteiger partial charge in [-0.1, -0.05) is 6.07 Å². The third-order valence-electron chi connectivity index (χ3n) is 3.52. The Labute approximate surface area is 157 Å². The van der Waals surface area contributed by atoms with Crippen molar-refractivity contribution in [1.29, 1.82) is 0 Å². The average molecular weight is 387 g/mol. The molecular formula is C17H13N3O6S. The van der Waals surface area contributed by atoms with Crippen molar-refractivity contribution in [3.8, 4) is 23.0 Å². The van der Waals surface area contributed by atoms with Crippen molar-refractivity contribution >= 4 is 22.6 Å². The summed E-state index contributed by atoms with van der Waals surface area (Å²) in [6.07, 6.45) is 0. The molecule has 0 amide bonds. The molecule has 0 bridgehead atoms. The van der Waals surface area contributed by atoms with Crippen LogP contribution < -0.4 is 9.47 Å². The van der Waals surface area contributed by atoms with E-state index in [1.54, 1.807) is 18.2 Å². The van der Waals surface area contributed by atoms with Crippen molar-refractivity contribution in [2.75, 3.05) is 14.2 Å². The standard InChI is InChI=1S/C17H13N3O6S/c1-24-12-6-7-13(14(9-12)25-2)15-18-19-17(26-15)27-16(21)10-4-3-5-11(8-10)20(22)23/h3-9H,1-2H3. The van der Waals surface area contributed by atoms with Crippen LogP contribution in [-0.4, -0.2) is 34.5 Å². The SMILES string of the molecule is COc1ccc(-c2nnc(SC(=O)c3cccc([N+](=O)[O-])c3)o2)c(OC)c1. The van der Waals surface area contributed by atoms with Crippen LogP contribution in [0.4, 0.5) is 5.69 Å². The lowest BCUT2D eigenvalue weighted by atomic mass is 10.2. The number of hydrogen-bond donors (Lipinski definition) is 0. The number of nitrogens with zero attached hydrogens (tertiary/aromatic N) is 3. The molecule has 27 heavy (non-hydrogen) atoms. The first-order valence-corrected chi connectivity index (χ1v) is 8.36. The predicted molar refractivity (Wildman–Crippen MR) is 96.1 cm³/mol. The number of rotatable bonds is 6. The molecule has 3 aromatic rings. The minimum atomic E-state index is -0.567. The van der Waals surface area contributed by atoms with Crippen LogP contribution in [0, 0.1) is 10.1 Å². The van der Waals surface area contributed by atoms with Gasteiger partial charge in [0.2, 0.25) is 5.12 Å². The molecule has 0 radical (unpaired) electrons. The molecule has 0 aliphatic rings. The van der Waals surface area contributed by atoms with Gasteiger partial charge >= 0.3 is 0 Å². The number of aromatic nitrogens is 2. The second kappa shape index (κ2) is 7.87. The third kappa shape index (κ3) is 4.06. The highest BCUT2D eigenvalue weighted by Crippen LogP contribution is 2.34. The van der Waals surface area contributed by atoms with Gasteiger partial charge in [-0.2, -0.15) is 0 Å². The van der Waals surface area contributed by atoms with E-state index in [1.807, 2.05) is 0 Å². The van der Waals surface area contributed by atoms with Crippen molar-refractivity contribution < 1.29 is 23.6 Å². The van der Waals surface area contributed by atoms with Crippen LogP contribution in [0.1, 0.15) is 10.4 Å². The molecule has 138 valence electrons. The van der Waals surface area contributed by atoms with E-state index in [9.17, 15) is 14.9 Å². The molecule has 0 spiro atoms. The van der Waals surface area contributed by atoms with Crippen molar-refractivity contribution in [1.82, 2.24) is 10.2 Å². The van der Waals surface area contributed by atoms with Gasteiger partial charge in [0, 0.05) is 35.5 Å². The summed E-state index contributed by atoms with van der Waals surface area (Å²) in [6.45, 7) is 0. The highest BCUT2D eigenvalue weighted by atomic mass is 32.2. The van der Waals surface area contributed by atoms with Crippen LogP contribution in [0.15, 0.2) is 52.1 Å². The first-order chi connectivity index (χ1) is 13.0. The molecule has 3 rings (SSSR count). The molecule has 0 N–H and O–H groups in total. The Morgan fingerprint density at radius 1 is 1.15 bits per heavy atom. The third-order valence-corrected chi connectivity index (χ3v) is 4.28. The van der Waals surface area contributed by atoms with Crippen molar-refractivity contribution in [3.05, 3.63) is 58.1 Å². The number of nitro benzene ring substituents is 1. The number of carbonyl (C=O) groups is 1. The van der Waals surface area contributed by atoms with Crippen LogP contribution in [0.25, 0.3) is 11.5 Å². The lowest BCUT2D eigenvalue weighted by Gasteiger charge is -2.07. The number of non-ortho nitro benzene ring substituents is 1. The van der Waals surface area contributed by atoms with Gasteiger partial charge in [0.25, 0.3) is 16.8 Å². The zero-order valence-corrected chi connectivity index (χ0v) is 15.1. The zero-order valence-electron chi connectivity index (χ0n) is 14.2. The first kappa shape index (κ1) is 18.4. The number of nitro groups is 1. The van der Waals surface area contributed by atoms with Crippen molar-refractivity contribution in [2.24, 2.45) is 0 Å². The van der Waals surface area contributed by atoms with Gasteiger partial charge in [-0.05, 0) is 18.2 Å². The Bertz CT molecular complexity index is 1000. The normalized spacial score (nSPS) is 10.4. The van der Waals surface area contributed by atoms with Gasteiger partial charge in [0.1, 0.15) is 11.5 Å². The largest absolute Gasteiger partial charge is 0.497 e. The molecule has 0 atom stereocenters. The Morgan fingerprint density at radius 3 is 2.67 bits per heavy atom.